The minimum absolute atomic E-state index is 0.118. The Balaban J connectivity index is 0.000000406. The summed E-state index contributed by atoms with van der Waals surface area (Å²) in [7, 11) is 0. The van der Waals surface area contributed by atoms with Crippen molar-refractivity contribution < 1.29 is 14.6 Å². The number of ether oxygens (including phenoxy) is 1. The second-order valence-electron chi connectivity index (χ2n) is 6.62. The summed E-state index contributed by atoms with van der Waals surface area (Å²) in [6, 6.07) is 8.26. The lowest BCUT2D eigenvalue weighted by Crippen LogP contribution is -2.42. The van der Waals surface area contributed by atoms with Gasteiger partial charge >= 0.3 is 5.97 Å². The number of nitrogens with one attached hydrogen (secondary N) is 1. The summed E-state index contributed by atoms with van der Waals surface area (Å²) >= 11 is 0. The molecule has 0 bridgehead atoms. The number of rotatable bonds is 4. The van der Waals surface area contributed by atoms with E-state index in [0.717, 1.165) is 24.9 Å². The van der Waals surface area contributed by atoms with Crippen molar-refractivity contribution in [3.63, 3.8) is 0 Å². The highest BCUT2D eigenvalue weighted by Crippen LogP contribution is 2.22. The monoisotopic (exact) mass is 307 g/mol. The Kier molecular flexibility index (Phi) is 7.56. The maximum Gasteiger partial charge on any atom is 0.306 e. The van der Waals surface area contributed by atoms with Crippen LogP contribution in [0.5, 0.6) is 0 Å². The average molecular weight is 307 g/mol. The molecule has 22 heavy (non-hydrogen) atoms. The van der Waals surface area contributed by atoms with E-state index in [1.165, 1.54) is 5.56 Å². The molecule has 1 unspecified atom stereocenters. The van der Waals surface area contributed by atoms with Crippen LogP contribution in [-0.2, 0) is 21.6 Å². The molecule has 0 spiro atoms. The second-order valence-corrected chi connectivity index (χ2v) is 6.62. The first-order chi connectivity index (χ1) is 10.3. The lowest BCUT2D eigenvalue weighted by molar-refractivity contribution is -0.144. The number of aliphatic hydroxyl groups excluding tert-OH is 1. The highest BCUT2D eigenvalue weighted by molar-refractivity contribution is 5.69. The summed E-state index contributed by atoms with van der Waals surface area (Å²) in [5.41, 5.74) is 2.50. The molecule has 1 aliphatic rings. The van der Waals surface area contributed by atoms with Gasteiger partial charge in [-0.05, 0) is 29.4 Å². The van der Waals surface area contributed by atoms with Crippen molar-refractivity contribution in [1.29, 1.82) is 0 Å². The van der Waals surface area contributed by atoms with Crippen LogP contribution in [0.2, 0.25) is 0 Å². The van der Waals surface area contributed by atoms with Gasteiger partial charge in [-0.25, -0.2) is 0 Å². The third kappa shape index (κ3) is 7.05. The smallest absolute Gasteiger partial charge is 0.306 e. The first-order valence-electron chi connectivity index (χ1n) is 7.99. The van der Waals surface area contributed by atoms with Crippen molar-refractivity contribution in [2.24, 2.45) is 0 Å². The van der Waals surface area contributed by atoms with E-state index in [2.05, 4.69) is 38.2 Å². The quantitative estimate of drug-likeness (QED) is 0.839. The fourth-order valence-electron chi connectivity index (χ4n) is 1.81. The summed E-state index contributed by atoms with van der Waals surface area (Å²) in [5, 5.41) is 11.1. The number of aliphatic hydroxyl groups is 1. The molecule has 2 rings (SSSR count). The molecule has 1 saturated heterocycles. The summed E-state index contributed by atoms with van der Waals surface area (Å²) in [6.45, 7) is 9.89. The van der Waals surface area contributed by atoms with Crippen LogP contribution in [0.3, 0.4) is 0 Å². The van der Waals surface area contributed by atoms with E-state index in [-0.39, 0.29) is 17.6 Å². The Hall–Kier alpha value is -1.39. The molecule has 1 aliphatic heterocycles. The predicted molar refractivity (Wildman–Crippen MR) is 88.5 cm³/mol. The third-order valence-electron chi connectivity index (χ3n) is 3.47. The van der Waals surface area contributed by atoms with Gasteiger partial charge in [0.05, 0.1) is 0 Å². The molecule has 0 radical (unpaired) electrons. The molecule has 1 heterocycles. The molecule has 124 valence electrons. The number of benzene rings is 1. The number of esters is 1. The molecule has 0 aromatic heterocycles. The number of hydrogen-bond acceptors (Lipinski definition) is 4. The van der Waals surface area contributed by atoms with Gasteiger partial charge < -0.3 is 9.84 Å². The van der Waals surface area contributed by atoms with Crippen LogP contribution in [0.4, 0.5) is 0 Å². The van der Waals surface area contributed by atoms with Gasteiger partial charge in [0.15, 0.2) is 0 Å². The number of hydrogen-bond donors (Lipinski definition) is 2. The van der Waals surface area contributed by atoms with Crippen molar-refractivity contribution in [3.8, 4) is 0 Å². The Morgan fingerprint density at radius 1 is 1.32 bits per heavy atom. The van der Waals surface area contributed by atoms with Gasteiger partial charge in [0.25, 0.3) is 0 Å². The van der Waals surface area contributed by atoms with Crippen molar-refractivity contribution in [2.75, 3.05) is 6.54 Å². The van der Waals surface area contributed by atoms with E-state index in [1.54, 1.807) is 0 Å². The molecule has 0 saturated carbocycles. The van der Waals surface area contributed by atoms with Crippen LogP contribution in [-0.4, -0.2) is 23.8 Å². The summed E-state index contributed by atoms with van der Waals surface area (Å²) in [4.78, 5) is 11.2. The van der Waals surface area contributed by atoms with Crippen molar-refractivity contribution >= 4 is 5.97 Å². The topological polar surface area (TPSA) is 58.6 Å². The summed E-state index contributed by atoms with van der Waals surface area (Å²) in [5.74, 6) is -0.118. The zero-order valence-electron chi connectivity index (χ0n) is 14.2. The maximum absolute atomic E-state index is 11.2. The highest BCUT2D eigenvalue weighted by Gasteiger charge is 2.13. The number of carbonyl (C=O) groups is 1. The lowest BCUT2D eigenvalue weighted by Gasteiger charge is -2.20. The summed E-state index contributed by atoms with van der Waals surface area (Å²) in [6.07, 6.45) is 2.08. The van der Waals surface area contributed by atoms with Crippen LogP contribution < -0.4 is 5.32 Å². The van der Waals surface area contributed by atoms with Crippen molar-refractivity contribution in [2.45, 2.75) is 65.2 Å². The van der Waals surface area contributed by atoms with Gasteiger partial charge in [-0.3, -0.25) is 10.1 Å². The average Bonchev–Trinajstić information content (AvgIpc) is 2.43. The molecule has 1 aromatic rings. The molecule has 0 amide bonds. The van der Waals surface area contributed by atoms with Crippen LogP contribution in [0.15, 0.2) is 24.3 Å². The van der Waals surface area contributed by atoms with E-state index in [1.807, 2.05) is 19.1 Å². The zero-order valence-corrected chi connectivity index (χ0v) is 14.2. The molecule has 4 nitrogen and oxygen atoms in total. The maximum atomic E-state index is 11.2. The Morgan fingerprint density at radius 2 is 1.86 bits per heavy atom. The fraction of sp³-hybridized carbons (Fsp3) is 0.611. The predicted octanol–water partition coefficient (Wildman–Crippen LogP) is 3.13. The van der Waals surface area contributed by atoms with E-state index in [0.29, 0.717) is 13.0 Å². The normalized spacial score (nSPS) is 17.0. The Labute approximate surface area is 133 Å². The van der Waals surface area contributed by atoms with Crippen LogP contribution >= 0.6 is 0 Å². The van der Waals surface area contributed by atoms with Gasteiger partial charge in [-0.2, -0.15) is 0 Å². The second kappa shape index (κ2) is 8.91. The van der Waals surface area contributed by atoms with Gasteiger partial charge in [0.1, 0.15) is 12.8 Å². The standard InChI is InChI=1S/C15H22O2.C3H7NO/c1-5-6-14(16)17-11-12-7-9-13(10-8-12)15(2,3)4;5-3-1-2-4-3/h7-10H,5-6,11H2,1-4H3;3-5H,1-2H2. The summed E-state index contributed by atoms with van der Waals surface area (Å²) < 4.78 is 5.16. The van der Waals surface area contributed by atoms with Gasteiger partial charge in [-0.15, -0.1) is 0 Å². The molecule has 1 atom stereocenters. The largest absolute Gasteiger partial charge is 0.461 e. The molecule has 2 N–H and O–H groups in total. The van der Waals surface area contributed by atoms with Gasteiger partial charge in [0.2, 0.25) is 0 Å². The lowest BCUT2D eigenvalue weighted by atomic mass is 9.87. The minimum atomic E-state index is -0.185. The van der Waals surface area contributed by atoms with E-state index < -0.39 is 0 Å². The van der Waals surface area contributed by atoms with Crippen molar-refractivity contribution in [1.82, 2.24) is 5.32 Å². The first kappa shape index (κ1) is 18.7. The van der Waals surface area contributed by atoms with Gasteiger partial charge in [0, 0.05) is 13.0 Å². The third-order valence-corrected chi connectivity index (χ3v) is 3.47. The van der Waals surface area contributed by atoms with Crippen molar-refractivity contribution in [3.05, 3.63) is 35.4 Å². The Morgan fingerprint density at radius 3 is 2.23 bits per heavy atom. The minimum Gasteiger partial charge on any atom is -0.461 e. The van der Waals surface area contributed by atoms with E-state index in [4.69, 9.17) is 9.84 Å². The zero-order chi connectivity index (χ0) is 16.6. The fourth-order valence-corrected chi connectivity index (χ4v) is 1.81. The molecular formula is C18H29NO3. The van der Waals surface area contributed by atoms with Crippen LogP contribution in [0.1, 0.15) is 58.1 Å². The van der Waals surface area contributed by atoms with E-state index in [9.17, 15) is 4.79 Å². The first-order valence-corrected chi connectivity index (χ1v) is 7.99. The number of carbonyl (C=O) groups excluding carboxylic acids is 1. The SMILES string of the molecule is CCCC(=O)OCc1ccc(C(C)(C)C)cc1.OC1CCN1. The molecular weight excluding hydrogens is 278 g/mol. The van der Waals surface area contributed by atoms with Crippen LogP contribution in [0, 0.1) is 0 Å². The molecule has 1 fully saturated rings. The van der Waals surface area contributed by atoms with Crippen LogP contribution in [0.25, 0.3) is 0 Å². The molecule has 4 heteroatoms. The van der Waals surface area contributed by atoms with E-state index >= 15 is 0 Å². The molecule has 1 aromatic carbocycles. The van der Waals surface area contributed by atoms with Gasteiger partial charge in [-0.1, -0.05) is 52.0 Å². The Bertz CT molecular complexity index is 444. The highest BCUT2D eigenvalue weighted by atomic mass is 16.5. The molecule has 0 aliphatic carbocycles.